The first kappa shape index (κ1) is 16.7. The van der Waals surface area contributed by atoms with Crippen molar-refractivity contribution >= 4 is 5.82 Å². The molecule has 7 heteroatoms. The van der Waals surface area contributed by atoms with Gasteiger partial charge in [0.25, 0.3) is 0 Å². The van der Waals surface area contributed by atoms with Crippen LogP contribution in [-0.4, -0.2) is 36.1 Å². The number of halogens is 4. The van der Waals surface area contributed by atoms with Gasteiger partial charge >= 0.3 is 6.18 Å². The Kier molecular flexibility index (Phi) is 4.71. The third-order valence-electron chi connectivity index (χ3n) is 4.11. The number of nitrogens with zero attached hydrogens (tertiary/aromatic N) is 3. The predicted molar refractivity (Wildman–Crippen MR) is 83.1 cm³/mol. The SMILES string of the molecule is Fc1cccc(N2CCN(Cc3ccccc3C(F)(F)F)CC2)n1. The molecule has 128 valence electrons. The molecule has 0 aliphatic carbocycles. The summed E-state index contributed by atoms with van der Waals surface area (Å²) in [5.74, 6) is 0.0272. The van der Waals surface area contributed by atoms with E-state index in [0.717, 1.165) is 6.07 Å². The van der Waals surface area contributed by atoms with E-state index in [0.29, 0.717) is 32.0 Å². The fraction of sp³-hybridized carbons (Fsp3) is 0.353. The molecule has 0 unspecified atom stereocenters. The molecule has 0 amide bonds. The molecule has 1 aliphatic rings. The number of rotatable bonds is 3. The van der Waals surface area contributed by atoms with Crippen LogP contribution in [0.25, 0.3) is 0 Å². The molecule has 1 fully saturated rings. The monoisotopic (exact) mass is 339 g/mol. The van der Waals surface area contributed by atoms with Crippen LogP contribution in [0.15, 0.2) is 42.5 Å². The maximum atomic E-state index is 13.2. The van der Waals surface area contributed by atoms with Gasteiger partial charge in [-0.15, -0.1) is 0 Å². The largest absolute Gasteiger partial charge is 0.416 e. The fourth-order valence-electron chi connectivity index (χ4n) is 2.88. The molecule has 1 saturated heterocycles. The summed E-state index contributed by atoms with van der Waals surface area (Å²) >= 11 is 0. The summed E-state index contributed by atoms with van der Waals surface area (Å²) in [6.07, 6.45) is -4.34. The number of pyridine rings is 1. The van der Waals surface area contributed by atoms with Crippen LogP contribution in [0.4, 0.5) is 23.4 Å². The number of benzene rings is 1. The van der Waals surface area contributed by atoms with Gasteiger partial charge in [-0.05, 0) is 23.8 Å². The standard InChI is InChI=1S/C17H17F4N3/c18-15-6-3-7-16(22-15)24-10-8-23(9-11-24)12-13-4-1-2-5-14(13)17(19,20)21/h1-7H,8-12H2. The van der Waals surface area contributed by atoms with Crippen molar-refractivity contribution in [3.05, 3.63) is 59.5 Å². The lowest BCUT2D eigenvalue weighted by molar-refractivity contribution is -0.138. The number of alkyl halides is 3. The van der Waals surface area contributed by atoms with E-state index in [1.165, 1.54) is 18.2 Å². The molecular weight excluding hydrogens is 322 g/mol. The van der Waals surface area contributed by atoms with Gasteiger partial charge in [-0.1, -0.05) is 24.3 Å². The van der Waals surface area contributed by atoms with Gasteiger partial charge in [0.15, 0.2) is 0 Å². The van der Waals surface area contributed by atoms with E-state index in [4.69, 9.17) is 0 Å². The van der Waals surface area contributed by atoms with Crippen LogP contribution in [0.1, 0.15) is 11.1 Å². The molecule has 2 heterocycles. The Morgan fingerprint density at radius 2 is 1.62 bits per heavy atom. The Bertz CT molecular complexity index is 694. The van der Waals surface area contributed by atoms with Crippen LogP contribution >= 0.6 is 0 Å². The van der Waals surface area contributed by atoms with Gasteiger partial charge < -0.3 is 4.90 Å². The molecule has 0 radical (unpaired) electrons. The lowest BCUT2D eigenvalue weighted by atomic mass is 10.1. The zero-order valence-electron chi connectivity index (χ0n) is 12.9. The van der Waals surface area contributed by atoms with Gasteiger partial charge in [0.1, 0.15) is 5.82 Å². The van der Waals surface area contributed by atoms with Gasteiger partial charge in [0.05, 0.1) is 5.56 Å². The highest BCUT2D eigenvalue weighted by atomic mass is 19.4. The lowest BCUT2D eigenvalue weighted by Crippen LogP contribution is -2.46. The minimum Gasteiger partial charge on any atom is -0.354 e. The number of hydrogen-bond acceptors (Lipinski definition) is 3. The maximum absolute atomic E-state index is 13.2. The zero-order chi connectivity index (χ0) is 17.2. The average Bonchev–Trinajstić information content (AvgIpc) is 2.55. The minimum absolute atomic E-state index is 0.250. The second-order valence-electron chi connectivity index (χ2n) is 5.74. The van der Waals surface area contributed by atoms with Gasteiger partial charge in [-0.25, -0.2) is 4.98 Å². The van der Waals surface area contributed by atoms with Gasteiger partial charge in [0.2, 0.25) is 5.95 Å². The third-order valence-corrected chi connectivity index (χ3v) is 4.11. The van der Waals surface area contributed by atoms with Crippen molar-refractivity contribution in [2.45, 2.75) is 12.7 Å². The van der Waals surface area contributed by atoms with E-state index in [9.17, 15) is 17.6 Å². The first-order valence-electron chi connectivity index (χ1n) is 7.68. The molecule has 0 spiro atoms. The summed E-state index contributed by atoms with van der Waals surface area (Å²) < 4.78 is 52.3. The topological polar surface area (TPSA) is 19.4 Å². The quantitative estimate of drug-likeness (QED) is 0.630. The zero-order valence-corrected chi connectivity index (χ0v) is 12.9. The van der Waals surface area contributed by atoms with Gasteiger partial charge in [-0.2, -0.15) is 17.6 Å². The highest BCUT2D eigenvalue weighted by Crippen LogP contribution is 2.32. The van der Waals surface area contributed by atoms with Crippen molar-refractivity contribution in [3.8, 4) is 0 Å². The first-order chi connectivity index (χ1) is 11.4. The van der Waals surface area contributed by atoms with Crippen LogP contribution < -0.4 is 4.90 Å². The molecule has 0 N–H and O–H groups in total. The highest BCUT2D eigenvalue weighted by Gasteiger charge is 2.33. The summed E-state index contributed by atoms with van der Waals surface area (Å²) in [6.45, 7) is 2.66. The molecule has 24 heavy (non-hydrogen) atoms. The smallest absolute Gasteiger partial charge is 0.354 e. The second-order valence-corrected chi connectivity index (χ2v) is 5.74. The molecule has 0 saturated carbocycles. The predicted octanol–water partition coefficient (Wildman–Crippen LogP) is 3.56. The van der Waals surface area contributed by atoms with E-state index >= 15 is 0 Å². The lowest BCUT2D eigenvalue weighted by Gasteiger charge is -2.35. The number of aromatic nitrogens is 1. The van der Waals surface area contributed by atoms with Crippen molar-refractivity contribution in [3.63, 3.8) is 0 Å². The Morgan fingerprint density at radius 3 is 2.29 bits per heavy atom. The molecule has 3 rings (SSSR count). The Labute approximate surface area is 137 Å². The van der Waals surface area contributed by atoms with Crippen LogP contribution in [0.5, 0.6) is 0 Å². The van der Waals surface area contributed by atoms with Crippen molar-refractivity contribution in [2.75, 3.05) is 31.1 Å². The molecule has 1 aromatic carbocycles. The summed E-state index contributed by atoms with van der Waals surface area (Å²) in [5.41, 5.74) is -0.304. The van der Waals surface area contributed by atoms with Gasteiger partial charge in [0, 0.05) is 32.7 Å². The molecule has 2 aromatic rings. The summed E-state index contributed by atoms with van der Waals surface area (Å²) in [7, 11) is 0. The second kappa shape index (κ2) is 6.76. The van der Waals surface area contributed by atoms with E-state index < -0.39 is 17.7 Å². The Morgan fingerprint density at radius 1 is 0.917 bits per heavy atom. The van der Waals surface area contributed by atoms with Crippen LogP contribution in [0.2, 0.25) is 0 Å². The summed E-state index contributed by atoms with van der Waals surface area (Å²) in [4.78, 5) is 7.76. The summed E-state index contributed by atoms with van der Waals surface area (Å²) in [6, 6.07) is 10.3. The molecule has 1 aliphatic heterocycles. The normalized spacial score (nSPS) is 16.4. The fourth-order valence-corrected chi connectivity index (χ4v) is 2.88. The first-order valence-corrected chi connectivity index (χ1v) is 7.68. The number of anilines is 1. The Hall–Kier alpha value is -2.15. The minimum atomic E-state index is -4.34. The van der Waals surface area contributed by atoms with Crippen molar-refractivity contribution in [1.82, 2.24) is 9.88 Å². The molecule has 0 atom stereocenters. The van der Waals surface area contributed by atoms with E-state index in [1.807, 2.05) is 9.80 Å². The molecule has 0 bridgehead atoms. The average molecular weight is 339 g/mol. The van der Waals surface area contributed by atoms with Crippen LogP contribution in [0.3, 0.4) is 0 Å². The van der Waals surface area contributed by atoms with Crippen LogP contribution in [0, 0.1) is 5.95 Å². The Balaban J connectivity index is 1.64. The van der Waals surface area contributed by atoms with Crippen molar-refractivity contribution in [1.29, 1.82) is 0 Å². The number of hydrogen-bond donors (Lipinski definition) is 0. The van der Waals surface area contributed by atoms with E-state index in [2.05, 4.69) is 4.98 Å². The third kappa shape index (κ3) is 3.84. The van der Waals surface area contributed by atoms with Crippen molar-refractivity contribution in [2.24, 2.45) is 0 Å². The van der Waals surface area contributed by atoms with Crippen LogP contribution in [-0.2, 0) is 12.7 Å². The highest BCUT2D eigenvalue weighted by molar-refractivity contribution is 5.38. The number of piperazine rings is 1. The summed E-state index contributed by atoms with van der Waals surface area (Å²) in [5, 5.41) is 0. The van der Waals surface area contributed by atoms with E-state index in [-0.39, 0.29) is 12.1 Å². The van der Waals surface area contributed by atoms with Crippen molar-refractivity contribution < 1.29 is 17.6 Å². The maximum Gasteiger partial charge on any atom is 0.416 e. The van der Waals surface area contributed by atoms with E-state index in [1.54, 1.807) is 18.2 Å². The van der Waals surface area contributed by atoms with Gasteiger partial charge in [-0.3, -0.25) is 4.90 Å². The molecule has 3 nitrogen and oxygen atoms in total. The molecular formula is C17H17F4N3. The molecule has 1 aromatic heterocycles.